The molecule has 0 N–H and O–H groups in total. The topological polar surface area (TPSA) is 0 Å². The molecular weight excluding hydrogens is 504 g/mol. The quantitative estimate of drug-likeness (QED) is 0.209. The van der Waals surface area contributed by atoms with Gasteiger partial charge in [-0.1, -0.05) is 139 Å². The largest absolute Gasteiger partial charge is 0.0620 e. The molecule has 0 fully saturated rings. The first-order valence-electron chi connectivity index (χ1n) is 15.3. The summed E-state index contributed by atoms with van der Waals surface area (Å²) in [7, 11) is 0. The summed E-state index contributed by atoms with van der Waals surface area (Å²) in [5, 5.41) is 0. The second-order valence-corrected chi connectivity index (χ2v) is 14.0. The van der Waals surface area contributed by atoms with Crippen molar-refractivity contribution in [1.29, 1.82) is 0 Å². The van der Waals surface area contributed by atoms with Crippen LogP contribution in [-0.4, -0.2) is 0 Å². The standard InChI is InChI=1S/C42H46/c1-27-19-11-15-23-31(27)35-36(32-24-16-12-20-28(32)2)40(42(8,9)10)38(34-26-18-14-22-30(34)4)37(39(35)41(5,6)7)33-25-17-13-21-29(33)3/h11-26H,1-10H3. The molecule has 0 atom stereocenters. The van der Waals surface area contributed by atoms with Crippen molar-refractivity contribution in [2.75, 3.05) is 0 Å². The molecular formula is C42H46. The van der Waals surface area contributed by atoms with E-state index < -0.39 is 0 Å². The van der Waals surface area contributed by atoms with Crippen LogP contribution in [0.25, 0.3) is 44.5 Å². The maximum absolute atomic E-state index is 2.39. The lowest BCUT2D eigenvalue weighted by molar-refractivity contribution is 0.582. The molecule has 5 aromatic rings. The fraction of sp³-hybridized carbons (Fsp3) is 0.286. The Bertz CT molecular complexity index is 1520. The Hall–Kier alpha value is -3.90. The Kier molecular flexibility index (Phi) is 7.80. The first-order valence-corrected chi connectivity index (χ1v) is 15.3. The average Bonchev–Trinajstić information content (AvgIpc) is 2.92. The van der Waals surface area contributed by atoms with Gasteiger partial charge in [0.15, 0.2) is 0 Å². The van der Waals surface area contributed by atoms with Gasteiger partial charge in [0.1, 0.15) is 0 Å². The zero-order chi connectivity index (χ0) is 30.4. The predicted molar refractivity (Wildman–Crippen MR) is 185 cm³/mol. The van der Waals surface area contributed by atoms with Gasteiger partial charge in [-0.2, -0.15) is 0 Å². The van der Waals surface area contributed by atoms with Crippen LogP contribution in [0.5, 0.6) is 0 Å². The van der Waals surface area contributed by atoms with Gasteiger partial charge in [-0.25, -0.2) is 0 Å². The maximum Gasteiger partial charge on any atom is -0.00556 e. The van der Waals surface area contributed by atoms with E-state index in [4.69, 9.17) is 0 Å². The maximum atomic E-state index is 2.39. The molecule has 0 saturated carbocycles. The molecule has 0 spiro atoms. The molecule has 0 heteroatoms. The van der Waals surface area contributed by atoms with E-state index in [0.717, 1.165) is 0 Å². The Morgan fingerprint density at radius 2 is 0.500 bits per heavy atom. The minimum absolute atomic E-state index is 0.138. The molecule has 42 heavy (non-hydrogen) atoms. The lowest BCUT2D eigenvalue weighted by Gasteiger charge is -2.38. The van der Waals surface area contributed by atoms with Gasteiger partial charge < -0.3 is 0 Å². The van der Waals surface area contributed by atoms with Gasteiger partial charge >= 0.3 is 0 Å². The Morgan fingerprint density at radius 3 is 0.667 bits per heavy atom. The van der Waals surface area contributed by atoms with Crippen LogP contribution in [-0.2, 0) is 10.8 Å². The molecule has 0 radical (unpaired) electrons. The van der Waals surface area contributed by atoms with Gasteiger partial charge in [-0.05, 0) is 116 Å². The van der Waals surface area contributed by atoms with E-state index in [-0.39, 0.29) is 10.8 Å². The van der Waals surface area contributed by atoms with E-state index in [9.17, 15) is 0 Å². The summed E-state index contributed by atoms with van der Waals surface area (Å²) in [5.41, 5.74) is 18.5. The van der Waals surface area contributed by atoms with Gasteiger partial charge in [-0.15, -0.1) is 0 Å². The van der Waals surface area contributed by atoms with E-state index in [0.29, 0.717) is 0 Å². The highest BCUT2D eigenvalue weighted by atomic mass is 14.4. The second-order valence-electron chi connectivity index (χ2n) is 14.0. The summed E-state index contributed by atoms with van der Waals surface area (Å²) >= 11 is 0. The minimum atomic E-state index is -0.138. The molecule has 0 heterocycles. The number of rotatable bonds is 4. The van der Waals surface area contributed by atoms with Crippen molar-refractivity contribution in [2.45, 2.75) is 80.1 Å². The van der Waals surface area contributed by atoms with E-state index in [1.807, 2.05) is 0 Å². The molecule has 214 valence electrons. The van der Waals surface area contributed by atoms with Crippen molar-refractivity contribution < 1.29 is 0 Å². The molecule has 0 aliphatic heterocycles. The van der Waals surface area contributed by atoms with Gasteiger partial charge in [0.2, 0.25) is 0 Å². The Morgan fingerprint density at radius 1 is 0.310 bits per heavy atom. The number of benzene rings is 5. The monoisotopic (exact) mass is 550 g/mol. The SMILES string of the molecule is Cc1ccccc1-c1c(-c2ccccc2C)c(C(C)(C)C)c(-c2ccccc2C)c(-c2ccccc2C)c1C(C)(C)C. The van der Waals surface area contributed by atoms with Crippen LogP contribution in [0, 0.1) is 27.7 Å². The fourth-order valence-corrected chi connectivity index (χ4v) is 6.74. The highest BCUT2D eigenvalue weighted by Crippen LogP contribution is 2.56. The molecule has 5 rings (SSSR count). The molecule has 5 aromatic carbocycles. The van der Waals surface area contributed by atoms with E-state index in [2.05, 4.69) is 166 Å². The second kappa shape index (κ2) is 11.1. The number of aryl methyl sites for hydroxylation is 4. The highest BCUT2D eigenvalue weighted by Gasteiger charge is 2.36. The molecule has 0 aromatic heterocycles. The zero-order valence-corrected chi connectivity index (χ0v) is 27.2. The van der Waals surface area contributed by atoms with Crippen molar-refractivity contribution in [2.24, 2.45) is 0 Å². The first kappa shape index (κ1) is 29.6. The van der Waals surface area contributed by atoms with Crippen LogP contribution in [0.1, 0.15) is 74.9 Å². The summed E-state index contributed by atoms with van der Waals surface area (Å²) in [6.07, 6.45) is 0. The van der Waals surface area contributed by atoms with Crippen LogP contribution < -0.4 is 0 Å². The lowest BCUT2D eigenvalue weighted by Crippen LogP contribution is -2.22. The van der Waals surface area contributed by atoms with Crippen LogP contribution >= 0.6 is 0 Å². The van der Waals surface area contributed by atoms with Crippen molar-refractivity contribution in [3.8, 4) is 44.5 Å². The third kappa shape index (κ3) is 5.24. The molecule has 0 bridgehead atoms. The molecule has 0 nitrogen and oxygen atoms in total. The minimum Gasteiger partial charge on any atom is -0.0620 e. The molecule has 0 saturated heterocycles. The summed E-state index contributed by atoms with van der Waals surface area (Å²) in [4.78, 5) is 0. The predicted octanol–water partition coefficient (Wildman–Crippen LogP) is 12.2. The van der Waals surface area contributed by atoms with Crippen LogP contribution in [0.3, 0.4) is 0 Å². The molecule has 0 aliphatic carbocycles. The third-order valence-corrected chi connectivity index (χ3v) is 8.66. The Labute approximate surface area is 254 Å². The highest BCUT2D eigenvalue weighted by molar-refractivity contribution is 6.04. The normalized spacial score (nSPS) is 12.0. The van der Waals surface area contributed by atoms with Gasteiger partial charge in [0, 0.05) is 0 Å². The lowest BCUT2D eigenvalue weighted by atomic mass is 9.65. The first-order chi connectivity index (χ1) is 19.8. The van der Waals surface area contributed by atoms with E-state index in [1.165, 1.54) is 77.9 Å². The fourth-order valence-electron chi connectivity index (χ4n) is 6.74. The Balaban J connectivity index is 2.25. The number of hydrogen-bond donors (Lipinski definition) is 0. The van der Waals surface area contributed by atoms with Crippen molar-refractivity contribution in [1.82, 2.24) is 0 Å². The zero-order valence-electron chi connectivity index (χ0n) is 27.2. The van der Waals surface area contributed by atoms with Gasteiger partial charge in [0.05, 0.1) is 0 Å². The van der Waals surface area contributed by atoms with Crippen molar-refractivity contribution in [3.05, 3.63) is 130 Å². The van der Waals surface area contributed by atoms with Crippen molar-refractivity contribution >= 4 is 0 Å². The summed E-state index contributed by atoms with van der Waals surface area (Å²) < 4.78 is 0. The molecule has 0 amide bonds. The summed E-state index contributed by atoms with van der Waals surface area (Å²) in [5.74, 6) is 0. The van der Waals surface area contributed by atoms with E-state index >= 15 is 0 Å². The van der Waals surface area contributed by atoms with Crippen LogP contribution in [0.2, 0.25) is 0 Å². The average molecular weight is 551 g/mol. The van der Waals surface area contributed by atoms with E-state index in [1.54, 1.807) is 0 Å². The number of hydrogen-bond acceptors (Lipinski definition) is 0. The van der Waals surface area contributed by atoms with Gasteiger partial charge in [-0.3, -0.25) is 0 Å². The summed E-state index contributed by atoms with van der Waals surface area (Å²) in [6.45, 7) is 23.4. The molecule has 0 aliphatic rings. The molecule has 0 unspecified atom stereocenters. The third-order valence-electron chi connectivity index (χ3n) is 8.66. The van der Waals surface area contributed by atoms with Crippen LogP contribution in [0.4, 0.5) is 0 Å². The van der Waals surface area contributed by atoms with Crippen molar-refractivity contribution in [3.63, 3.8) is 0 Å². The summed E-state index contributed by atoms with van der Waals surface area (Å²) in [6, 6.07) is 35.9. The smallest absolute Gasteiger partial charge is 0.00556 e. The van der Waals surface area contributed by atoms with Crippen LogP contribution in [0.15, 0.2) is 97.1 Å². The van der Waals surface area contributed by atoms with Gasteiger partial charge in [0.25, 0.3) is 0 Å².